The molecule has 0 aliphatic carbocycles. The zero-order chi connectivity index (χ0) is 12.4. The number of phenols is 1. The number of rotatable bonds is 4. The number of carbonyl (C=O) groups is 2. The third-order valence-electron chi connectivity index (χ3n) is 2.55. The number of benzene rings is 1. The lowest BCUT2D eigenvalue weighted by Crippen LogP contribution is -1.95. The highest BCUT2D eigenvalue weighted by molar-refractivity contribution is 5.97. The van der Waals surface area contributed by atoms with Crippen LogP contribution in [0.4, 0.5) is 0 Å². The van der Waals surface area contributed by atoms with Crippen LogP contribution in [0.15, 0.2) is 12.1 Å². The lowest BCUT2D eigenvalue weighted by molar-refractivity contribution is -0.117. The number of ketones is 1. The van der Waals surface area contributed by atoms with Crippen LogP contribution in [0.1, 0.15) is 29.5 Å². The average molecular weight is 232 g/mol. The van der Waals surface area contributed by atoms with E-state index in [2.05, 4.69) is 9.97 Å². The minimum absolute atomic E-state index is 0.0860. The zero-order valence-electron chi connectivity index (χ0n) is 9.36. The maximum absolute atomic E-state index is 10.9. The molecule has 5 heteroatoms. The van der Waals surface area contributed by atoms with Crippen LogP contribution in [0, 0.1) is 0 Å². The number of aldehydes is 1. The number of fused-ring (bicyclic) bond motifs is 1. The standard InChI is InChI=1S/C12H12N2O3/c1-7(16)2-5-11-13-9-3-4-10(17)8(6-15)12(9)14-11/h3-4,6,17H,2,5H2,1H3,(H,13,14). The van der Waals surface area contributed by atoms with E-state index in [-0.39, 0.29) is 17.1 Å². The molecule has 1 aromatic heterocycles. The zero-order valence-corrected chi connectivity index (χ0v) is 9.36. The van der Waals surface area contributed by atoms with E-state index in [9.17, 15) is 14.7 Å². The molecule has 2 N–H and O–H groups in total. The fraction of sp³-hybridized carbons (Fsp3) is 0.250. The minimum atomic E-state index is -0.0860. The summed E-state index contributed by atoms with van der Waals surface area (Å²) in [5.41, 5.74) is 1.30. The molecule has 0 saturated carbocycles. The van der Waals surface area contributed by atoms with Gasteiger partial charge in [-0.15, -0.1) is 0 Å². The average Bonchev–Trinajstić information content (AvgIpc) is 2.69. The Morgan fingerprint density at radius 3 is 2.94 bits per heavy atom. The molecule has 1 aromatic carbocycles. The van der Waals surface area contributed by atoms with E-state index in [1.54, 1.807) is 6.07 Å². The molecule has 0 atom stereocenters. The molecular formula is C12H12N2O3. The van der Waals surface area contributed by atoms with Crippen LogP contribution in [0.5, 0.6) is 5.75 Å². The maximum Gasteiger partial charge on any atom is 0.156 e. The Kier molecular flexibility index (Phi) is 2.91. The van der Waals surface area contributed by atoms with Crippen LogP contribution in [0.25, 0.3) is 11.0 Å². The Morgan fingerprint density at radius 2 is 2.29 bits per heavy atom. The summed E-state index contributed by atoms with van der Waals surface area (Å²) in [5, 5.41) is 9.50. The monoisotopic (exact) mass is 232 g/mol. The van der Waals surface area contributed by atoms with E-state index in [1.807, 2.05) is 0 Å². The van der Waals surface area contributed by atoms with Crippen LogP contribution < -0.4 is 0 Å². The van der Waals surface area contributed by atoms with Crippen molar-refractivity contribution in [3.63, 3.8) is 0 Å². The molecule has 0 amide bonds. The predicted molar refractivity (Wildman–Crippen MR) is 62.1 cm³/mol. The summed E-state index contributed by atoms with van der Waals surface area (Å²) in [6.45, 7) is 1.52. The molecule has 2 aromatic rings. The van der Waals surface area contributed by atoms with Crippen LogP contribution in [-0.2, 0) is 11.2 Å². The van der Waals surface area contributed by atoms with Crippen molar-refractivity contribution >= 4 is 23.1 Å². The number of aryl methyl sites for hydroxylation is 1. The van der Waals surface area contributed by atoms with Gasteiger partial charge in [-0.25, -0.2) is 4.98 Å². The highest BCUT2D eigenvalue weighted by Gasteiger charge is 2.11. The van der Waals surface area contributed by atoms with Crippen LogP contribution in [0.3, 0.4) is 0 Å². The highest BCUT2D eigenvalue weighted by atomic mass is 16.3. The van der Waals surface area contributed by atoms with Gasteiger partial charge >= 0.3 is 0 Å². The molecule has 5 nitrogen and oxygen atoms in total. The first kappa shape index (κ1) is 11.3. The SMILES string of the molecule is CC(=O)CCc1nc2c(C=O)c(O)ccc2[nH]1. The van der Waals surface area contributed by atoms with Crippen molar-refractivity contribution in [2.75, 3.05) is 0 Å². The number of imidazole rings is 1. The normalized spacial score (nSPS) is 10.6. The van der Waals surface area contributed by atoms with Gasteiger partial charge in [0, 0.05) is 12.8 Å². The number of aromatic amines is 1. The van der Waals surface area contributed by atoms with E-state index in [1.165, 1.54) is 13.0 Å². The quantitative estimate of drug-likeness (QED) is 0.784. The van der Waals surface area contributed by atoms with E-state index in [4.69, 9.17) is 0 Å². The highest BCUT2D eigenvalue weighted by Crippen LogP contribution is 2.24. The number of phenolic OH excluding ortho intramolecular Hbond substituents is 1. The van der Waals surface area contributed by atoms with Gasteiger partial charge in [-0.2, -0.15) is 0 Å². The van der Waals surface area contributed by atoms with Gasteiger partial charge in [-0.05, 0) is 19.1 Å². The van der Waals surface area contributed by atoms with Gasteiger partial charge in [0.1, 0.15) is 22.9 Å². The van der Waals surface area contributed by atoms with Gasteiger partial charge in [-0.3, -0.25) is 4.79 Å². The van der Waals surface area contributed by atoms with E-state index < -0.39 is 0 Å². The molecule has 0 saturated heterocycles. The fourth-order valence-corrected chi connectivity index (χ4v) is 1.67. The van der Waals surface area contributed by atoms with Crippen molar-refractivity contribution in [2.24, 2.45) is 0 Å². The molecule has 0 bridgehead atoms. The van der Waals surface area contributed by atoms with Crippen molar-refractivity contribution in [3.05, 3.63) is 23.5 Å². The topological polar surface area (TPSA) is 83.1 Å². The number of aromatic hydroxyl groups is 1. The second-order valence-electron chi connectivity index (χ2n) is 3.90. The van der Waals surface area contributed by atoms with Crippen LogP contribution in [0.2, 0.25) is 0 Å². The second kappa shape index (κ2) is 4.37. The Labute approximate surface area is 97.5 Å². The number of aromatic nitrogens is 2. The first-order chi connectivity index (χ1) is 8.11. The minimum Gasteiger partial charge on any atom is -0.507 e. The number of Topliss-reactive ketones (excluding diaryl/α,β-unsaturated/α-hetero) is 1. The lowest BCUT2D eigenvalue weighted by atomic mass is 10.2. The van der Waals surface area contributed by atoms with Gasteiger partial charge in [-0.1, -0.05) is 0 Å². The van der Waals surface area contributed by atoms with Gasteiger partial charge in [0.15, 0.2) is 6.29 Å². The summed E-state index contributed by atoms with van der Waals surface area (Å²) < 4.78 is 0. The molecule has 0 radical (unpaired) electrons. The Morgan fingerprint density at radius 1 is 1.53 bits per heavy atom. The summed E-state index contributed by atoms with van der Waals surface area (Å²) in [6.07, 6.45) is 1.48. The molecule has 0 fully saturated rings. The molecule has 0 aliphatic heterocycles. The molecular weight excluding hydrogens is 220 g/mol. The Balaban J connectivity index is 2.43. The summed E-state index contributed by atoms with van der Waals surface area (Å²) in [5.74, 6) is 0.643. The molecule has 1 heterocycles. The first-order valence-electron chi connectivity index (χ1n) is 5.27. The van der Waals surface area contributed by atoms with Crippen molar-refractivity contribution in [2.45, 2.75) is 19.8 Å². The smallest absolute Gasteiger partial charge is 0.156 e. The molecule has 88 valence electrons. The van der Waals surface area contributed by atoms with E-state index >= 15 is 0 Å². The first-order valence-corrected chi connectivity index (χ1v) is 5.27. The Bertz CT molecular complexity index is 587. The van der Waals surface area contributed by atoms with Crippen LogP contribution in [-0.4, -0.2) is 27.1 Å². The van der Waals surface area contributed by atoms with Crippen molar-refractivity contribution in [1.29, 1.82) is 0 Å². The molecule has 0 aliphatic rings. The number of hydrogen-bond acceptors (Lipinski definition) is 4. The van der Waals surface area contributed by atoms with Gasteiger partial charge < -0.3 is 14.9 Å². The predicted octanol–water partition coefficient (Wildman–Crippen LogP) is 1.60. The summed E-state index contributed by atoms with van der Waals surface area (Å²) in [6, 6.07) is 3.10. The van der Waals surface area contributed by atoms with E-state index in [0.717, 1.165) is 0 Å². The molecule has 2 rings (SSSR count). The summed E-state index contributed by atoms with van der Waals surface area (Å²) in [4.78, 5) is 29.0. The van der Waals surface area contributed by atoms with Gasteiger partial charge in [0.25, 0.3) is 0 Å². The maximum atomic E-state index is 10.9. The number of carbonyl (C=O) groups excluding carboxylic acids is 2. The number of nitrogens with one attached hydrogen (secondary N) is 1. The Hall–Kier alpha value is -2.17. The van der Waals surface area contributed by atoms with E-state index in [0.29, 0.717) is 36.0 Å². The lowest BCUT2D eigenvalue weighted by Gasteiger charge is -1.95. The number of H-pyrrole nitrogens is 1. The van der Waals surface area contributed by atoms with Gasteiger partial charge in [0.2, 0.25) is 0 Å². The molecule has 0 spiro atoms. The molecule has 0 unspecified atom stereocenters. The van der Waals surface area contributed by atoms with Crippen molar-refractivity contribution in [3.8, 4) is 5.75 Å². The third-order valence-corrected chi connectivity index (χ3v) is 2.55. The largest absolute Gasteiger partial charge is 0.507 e. The second-order valence-corrected chi connectivity index (χ2v) is 3.90. The van der Waals surface area contributed by atoms with Crippen molar-refractivity contribution < 1.29 is 14.7 Å². The number of hydrogen-bond donors (Lipinski definition) is 2. The van der Waals surface area contributed by atoms with Crippen molar-refractivity contribution in [1.82, 2.24) is 9.97 Å². The van der Waals surface area contributed by atoms with Gasteiger partial charge in [0.05, 0.1) is 11.1 Å². The summed E-state index contributed by atoms with van der Waals surface area (Å²) in [7, 11) is 0. The molecule has 17 heavy (non-hydrogen) atoms. The number of nitrogens with zero attached hydrogens (tertiary/aromatic N) is 1. The van der Waals surface area contributed by atoms with Crippen LogP contribution >= 0.6 is 0 Å². The summed E-state index contributed by atoms with van der Waals surface area (Å²) >= 11 is 0. The fourth-order valence-electron chi connectivity index (χ4n) is 1.67. The third kappa shape index (κ3) is 2.18.